The van der Waals surface area contributed by atoms with E-state index >= 15 is 0 Å². The van der Waals surface area contributed by atoms with E-state index in [2.05, 4.69) is 5.32 Å². The van der Waals surface area contributed by atoms with E-state index in [0.717, 1.165) is 0 Å². The predicted octanol–water partition coefficient (Wildman–Crippen LogP) is 4.66. The van der Waals surface area contributed by atoms with E-state index < -0.39 is 18.5 Å². The number of anilines is 1. The average molecular weight is 426 g/mol. The first-order valence-electron chi connectivity index (χ1n) is 7.32. The first kappa shape index (κ1) is 20.6. The molecule has 2 rings (SSSR count). The van der Waals surface area contributed by atoms with Crippen LogP contribution in [0.15, 0.2) is 42.0 Å². The van der Waals surface area contributed by atoms with Crippen LogP contribution in [0.1, 0.15) is 5.56 Å². The molecule has 0 unspecified atom stereocenters. The van der Waals surface area contributed by atoms with Crippen molar-refractivity contribution in [1.29, 1.82) is 5.26 Å². The molecule has 138 valence electrons. The van der Waals surface area contributed by atoms with Gasteiger partial charge in [0.2, 0.25) is 0 Å². The van der Waals surface area contributed by atoms with Crippen molar-refractivity contribution in [3.63, 3.8) is 0 Å². The van der Waals surface area contributed by atoms with E-state index in [-0.39, 0.29) is 21.4 Å². The van der Waals surface area contributed by atoms with Crippen LogP contribution in [0.2, 0.25) is 15.1 Å². The number of hydrogen-bond acceptors (Lipinski definition) is 4. The fraction of sp³-hybridized carbons (Fsp3) is 0.0556. The smallest absolute Gasteiger partial charge is 0.341 e. The van der Waals surface area contributed by atoms with Crippen molar-refractivity contribution < 1.29 is 19.4 Å². The number of nitrogens with zero attached hydrogens (tertiary/aromatic N) is 1. The minimum atomic E-state index is -1.14. The highest BCUT2D eigenvalue weighted by molar-refractivity contribution is 6.42. The molecule has 2 aromatic carbocycles. The lowest BCUT2D eigenvalue weighted by Gasteiger charge is -2.07. The summed E-state index contributed by atoms with van der Waals surface area (Å²) in [6.07, 6.45) is 1.33. The summed E-state index contributed by atoms with van der Waals surface area (Å²) in [6, 6.07) is 10.8. The fourth-order valence-electron chi connectivity index (χ4n) is 1.95. The molecule has 0 spiro atoms. The SMILES string of the molecule is N#C/C(=C\c1ccc(OCC(=O)O)c(Cl)c1)C(=O)Nc1ccc(Cl)c(Cl)c1. The summed E-state index contributed by atoms with van der Waals surface area (Å²) < 4.78 is 5.01. The van der Waals surface area contributed by atoms with Crippen molar-refractivity contribution in [2.75, 3.05) is 11.9 Å². The van der Waals surface area contributed by atoms with Gasteiger partial charge < -0.3 is 15.2 Å². The normalized spacial score (nSPS) is 10.8. The van der Waals surface area contributed by atoms with Crippen molar-refractivity contribution in [1.82, 2.24) is 0 Å². The van der Waals surface area contributed by atoms with E-state index in [0.29, 0.717) is 16.3 Å². The summed E-state index contributed by atoms with van der Waals surface area (Å²) in [7, 11) is 0. The van der Waals surface area contributed by atoms with E-state index in [1.807, 2.05) is 6.07 Å². The predicted molar refractivity (Wildman–Crippen MR) is 103 cm³/mol. The van der Waals surface area contributed by atoms with Crippen LogP contribution in [-0.2, 0) is 9.59 Å². The number of carbonyl (C=O) groups is 2. The molecule has 0 aliphatic heterocycles. The Hall–Kier alpha value is -2.72. The highest BCUT2D eigenvalue weighted by atomic mass is 35.5. The molecule has 1 amide bonds. The highest BCUT2D eigenvalue weighted by Crippen LogP contribution is 2.27. The molecule has 9 heteroatoms. The molecule has 0 atom stereocenters. The Morgan fingerprint density at radius 2 is 1.85 bits per heavy atom. The van der Waals surface area contributed by atoms with Crippen molar-refractivity contribution in [2.45, 2.75) is 0 Å². The van der Waals surface area contributed by atoms with Gasteiger partial charge in [-0.05, 0) is 42.0 Å². The second kappa shape index (κ2) is 9.28. The number of aliphatic carboxylic acids is 1. The van der Waals surface area contributed by atoms with Gasteiger partial charge in [-0.1, -0.05) is 40.9 Å². The molecule has 0 bridgehead atoms. The van der Waals surface area contributed by atoms with Gasteiger partial charge in [-0.2, -0.15) is 5.26 Å². The van der Waals surface area contributed by atoms with Crippen LogP contribution in [-0.4, -0.2) is 23.6 Å². The topological polar surface area (TPSA) is 99.4 Å². The molecular weight excluding hydrogens is 415 g/mol. The Morgan fingerprint density at radius 1 is 1.11 bits per heavy atom. The number of benzene rings is 2. The first-order valence-corrected chi connectivity index (χ1v) is 8.46. The standard InChI is InChI=1S/C18H11Cl3N2O4/c19-13-3-2-12(7-14(13)20)23-18(26)11(8-22)5-10-1-4-16(15(21)6-10)27-9-17(24)25/h1-7H,9H2,(H,23,26)(H,24,25)/b11-5+. The fourth-order valence-corrected chi connectivity index (χ4v) is 2.49. The lowest BCUT2D eigenvalue weighted by molar-refractivity contribution is -0.139. The minimum Gasteiger partial charge on any atom is -0.480 e. The van der Waals surface area contributed by atoms with Gasteiger partial charge >= 0.3 is 5.97 Å². The van der Waals surface area contributed by atoms with Gasteiger partial charge in [-0.25, -0.2) is 4.79 Å². The van der Waals surface area contributed by atoms with Crippen LogP contribution in [0.5, 0.6) is 5.75 Å². The maximum Gasteiger partial charge on any atom is 0.341 e. The number of nitrogens with one attached hydrogen (secondary N) is 1. The van der Waals surface area contributed by atoms with Crippen LogP contribution in [0.4, 0.5) is 5.69 Å². The minimum absolute atomic E-state index is 0.146. The molecule has 6 nitrogen and oxygen atoms in total. The number of nitriles is 1. The summed E-state index contributed by atoms with van der Waals surface area (Å²) in [6.45, 7) is -0.537. The van der Waals surface area contributed by atoms with Crippen LogP contribution >= 0.6 is 34.8 Å². The Kier molecular flexibility index (Phi) is 7.08. The highest BCUT2D eigenvalue weighted by Gasteiger charge is 2.12. The number of carbonyl (C=O) groups excluding carboxylic acids is 1. The van der Waals surface area contributed by atoms with Crippen molar-refractivity contribution in [3.8, 4) is 11.8 Å². The lowest BCUT2D eigenvalue weighted by Crippen LogP contribution is -2.13. The van der Waals surface area contributed by atoms with Crippen molar-refractivity contribution in [2.24, 2.45) is 0 Å². The lowest BCUT2D eigenvalue weighted by atomic mass is 10.1. The van der Waals surface area contributed by atoms with Gasteiger partial charge in [0.05, 0.1) is 15.1 Å². The third kappa shape index (κ3) is 5.90. The van der Waals surface area contributed by atoms with Crippen LogP contribution < -0.4 is 10.1 Å². The summed E-state index contributed by atoms with van der Waals surface area (Å²) in [4.78, 5) is 22.8. The molecule has 0 saturated heterocycles. The number of amides is 1. The Balaban J connectivity index is 2.18. The third-order valence-electron chi connectivity index (χ3n) is 3.16. The summed E-state index contributed by atoms with van der Waals surface area (Å²) in [5, 5.41) is 21.2. The Labute approximate surface area is 169 Å². The second-order valence-electron chi connectivity index (χ2n) is 5.13. The number of carboxylic acids is 1. The molecular formula is C18H11Cl3N2O4. The third-order valence-corrected chi connectivity index (χ3v) is 4.20. The molecule has 0 fully saturated rings. The van der Waals surface area contributed by atoms with Crippen LogP contribution in [0.3, 0.4) is 0 Å². The van der Waals surface area contributed by atoms with Gasteiger partial charge in [-0.15, -0.1) is 0 Å². The molecule has 0 saturated carbocycles. The van der Waals surface area contributed by atoms with Gasteiger partial charge in [0.25, 0.3) is 5.91 Å². The molecule has 2 aromatic rings. The van der Waals surface area contributed by atoms with Gasteiger partial charge in [0.1, 0.15) is 17.4 Å². The first-order chi connectivity index (χ1) is 12.8. The zero-order chi connectivity index (χ0) is 20.0. The van der Waals surface area contributed by atoms with Crippen molar-refractivity contribution >= 4 is 58.4 Å². The second-order valence-corrected chi connectivity index (χ2v) is 6.35. The molecule has 0 aliphatic carbocycles. The maximum absolute atomic E-state index is 12.3. The number of ether oxygens (including phenoxy) is 1. The van der Waals surface area contributed by atoms with Gasteiger partial charge in [0.15, 0.2) is 6.61 Å². The maximum atomic E-state index is 12.3. The van der Waals surface area contributed by atoms with Crippen LogP contribution in [0, 0.1) is 11.3 Å². The molecule has 0 aromatic heterocycles. The van der Waals surface area contributed by atoms with Gasteiger partial charge in [-0.3, -0.25) is 4.79 Å². The number of hydrogen-bond donors (Lipinski definition) is 2. The summed E-state index contributed by atoms with van der Waals surface area (Å²) >= 11 is 17.7. The summed E-state index contributed by atoms with van der Waals surface area (Å²) in [5.74, 6) is -1.60. The molecule has 2 N–H and O–H groups in total. The molecule has 27 heavy (non-hydrogen) atoms. The Morgan fingerprint density at radius 3 is 2.44 bits per heavy atom. The van der Waals surface area contributed by atoms with E-state index in [1.165, 1.54) is 36.4 Å². The number of carboxylic acid groups (broad SMARTS) is 1. The average Bonchev–Trinajstić information content (AvgIpc) is 2.61. The largest absolute Gasteiger partial charge is 0.480 e. The zero-order valence-corrected chi connectivity index (χ0v) is 15.8. The molecule has 0 radical (unpaired) electrons. The van der Waals surface area contributed by atoms with Crippen molar-refractivity contribution in [3.05, 3.63) is 62.6 Å². The van der Waals surface area contributed by atoms with E-state index in [4.69, 9.17) is 44.6 Å². The Bertz CT molecular complexity index is 968. The number of rotatable bonds is 6. The molecule has 0 aliphatic rings. The van der Waals surface area contributed by atoms with Crippen LogP contribution in [0.25, 0.3) is 6.08 Å². The van der Waals surface area contributed by atoms with Gasteiger partial charge in [0, 0.05) is 5.69 Å². The monoisotopic (exact) mass is 424 g/mol. The zero-order valence-electron chi connectivity index (χ0n) is 13.5. The summed E-state index contributed by atoms with van der Waals surface area (Å²) in [5.41, 5.74) is 0.672. The number of halogens is 3. The quantitative estimate of drug-likeness (QED) is 0.518. The van der Waals surface area contributed by atoms with E-state index in [1.54, 1.807) is 6.07 Å². The van der Waals surface area contributed by atoms with E-state index in [9.17, 15) is 14.9 Å². The molecule has 0 heterocycles.